The second kappa shape index (κ2) is 14.1. The number of ether oxygens (including phenoxy) is 2. The van der Waals surface area contributed by atoms with Crippen LogP contribution < -0.4 is 14.8 Å². The Morgan fingerprint density at radius 2 is 1.98 bits per heavy atom. The summed E-state index contributed by atoms with van der Waals surface area (Å²) >= 11 is 0. The van der Waals surface area contributed by atoms with Crippen LogP contribution in [-0.4, -0.2) is 78.3 Å². The van der Waals surface area contributed by atoms with Gasteiger partial charge in [-0.3, -0.25) is 14.4 Å². The molecule has 1 aromatic carbocycles. The van der Waals surface area contributed by atoms with Crippen LogP contribution in [-0.2, 0) is 9.59 Å². The van der Waals surface area contributed by atoms with E-state index >= 15 is 0 Å². The molecule has 0 saturated heterocycles. The monoisotopic (exact) mass is 556 g/mol. The molecule has 0 spiro atoms. The summed E-state index contributed by atoms with van der Waals surface area (Å²) in [5.41, 5.74) is 1.29. The Kier molecular flexibility index (Phi) is 10.6. The van der Waals surface area contributed by atoms with E-state index in [0.717, 1.165) is 44.9 Å². The van der Waals surface area contributed by atoms with Crippen molar-refractivity contribution in [3.8, 4) is 11.5 Å². The highest BCUT2D eigenvalue weighted by molar-refractivity contribution is 5.96. The molecule has 9 nitrogen and oxygen atoms in total. The van der Waals surface area contributed by atoms with Crippen molar-refractivity contribution in [3.63, 3.8) is 0 Å². The lowest BCUT2D eigenvalue weighted by Crippen LogP contribution is -2.56. The third-order valence-electron chi connectivity index (χ3n) is 8.58. The van der Waals surface area contributed by atoms with Crippen LogP contribution in [0.5, 0.6) is 11.5 Å². The number of benzene rings is 1. The standard InChI is InChI=1S/C31H44N2O7/c1-3-4-5-8-14-33(26(36)12-11-20-9-6-7-10-20)24-18-23(31(38)32-13-15-34)27-22-16-21(19-35)17-25(39-2)29(22)40-30(27)28(24)37/h16-20,24,27-28,30,34,37H,3-15H2,1-2H3,(H,32,38)/t24-,27+,28+,30+/m1/s1. The second-order valence-electron chi connectivity index (χ2n) is 11.2. The van der Waals surface area contributed by atoms with Crippen molar-refractivity contribution in [2.45, 2.75) is 95.3 Å². The summed E-state index contributed by atoms with van der Waals surface area (Å²) in [5.74, 6) is 0.201. The van der Waals surface area contributed by atoms with Crippen LogP contribution in [0, 0.1) is 5.92 Å². The minimum absolute atomic E-state index is 0.0198. The molecule has 3 aliphatic rings. The van der Waals surface area contributed by atoms with Crippen molar-refractivity contribution in [1.82, 2.24) is 10.2 Å². The third kappa shape index (κ3) is 6.52. The minimum Gasteiger partial charge on any atom is -0.493 e. The van der Waals surface area contributed by atoms with Gasteiger partial charge in [-0.15, -0.1) is 0 Å². The van der Waals surface area contributed by atoms with E-state index < -0.39 is 30.1 Å². The molecule has 40 heavy (non-hydrogen) atoms. The molecule has 2 aliphatic carbocycles. The molecule has 0 bridgehead atoms. The summed E-state index contributed by atoms with van der Waals surface area (Å²) in [4.78, 5) is 40.5. The zero-order chi connectivity index (χ0) is 28.6. The Morgan fingerprint density at radius 1 is 1.20 bits per heavy atom. The molecule has 0 radical (unpaired) electrons. The first-order valence-electron chi connectivity index (χ1n) is 14.9. The fourth-order valence-corrected chi connectivity index (χ4v) is 6.48. The van der Waals surface area contributed by atoms with Crippen LogP contribution in [0.25, 0.3) is 0 Å². The maximum atomic E-state index is 13.7. The molecule has 1 aliphatic heterocycles. The minimum atomic E-state index is -1.10. The van der Waals surface area contributed by atoms with Crippen molar-refractivity contribution in [3.05, 3.63) is 34.9 Å². The molecule has 1 heterocycles. The number of hydrogen-bond donors (Lipinski definition) is 3. The summed E-state index contributed by atoms with van der Waals surface area (Å²) in [7, 11) is 1.47. The zero-order valence-corrected chi connectivity index (χ0v) is 23.8. The molecule has 4 rings (SSSR count). The highest BCUT2D eigenvalue weighted by atomic mass is 16.5. The quantitative estimate of drug-likeness (QED) is 0.237. The summed E-state index contributed by atoms with van der Waals surface area (Å²) < 4.78 is 11.8. The maximum Gasteiger partial charge on any atom is 0.247 e. The third-order valence-corrected chi connectivity index (χ3v) is 8.58. The fraction of sp³-hybridized carbons (Fsp3) is 0.645. The number of carbonyl (C=O) groups is 3. The average Bonchev–Trinajstić information content (AvgIpc) is 3.63. The number of aldehydes is 1. The first-order valence-corrected chi connectivity index (χ1v) is 14.9. The molecular weight excluding hydrogens is 512 g/mol. The molecular formula is C31H44N2O7. The summed E-state index contributed by atoms with van der Waals surface area (Å²) in [6, 6.07) is 2.47. The Morgan fingerprint density at radius 3 is 2.65 bits per heavy atom. The van der Waals surface area contributed by atoms with Crippen LogP contribution in [0.4, 0.5) is 0 Å². The summed E-state index contributed by atoms with van der Waals surface area (Å²) in [5, 5.41) is 23.8. The topological polar surface area (TPSA) is 125 Å². The number of fused-ring (bicyclic) bond motifs is 3. The van der Waals surface area contributed by atoms with Crippen molar-refractivity contribution in [2.24, 2.45) is 5.92 Å². The van der Waals surface area contributed by atoms with Gasteiger partial charge in [-0.1, -0.05) is 51.9 Å². The number of rotatable bonds is 14. The molecule has 0 unspecified atom stereocenters. The molecule has 0 aromatic heterocycles. The van der Waals surface area contributed by atoms with Gasteiger partial charge < -0.3 is 29.9 Å². The normalized spacial score (nSPS) is 23.6. The Labute approximate surface area is 236 Å². The van der Waals surface area contributed by atoms with Gasteiger partial charge in [0.25, 0.3) is 0 Å². The van der Waals surface area contributed by atoms with Gasteiger partial charge in [-0.2, -0.15) is 0 Å². The highest BCUT2D eigenvalue weighted by Crippen LogP contribution is 2.51. The number of aliphatic hydroxyl groups is 2. The SMILES string of the molecule is CCCCCCN(C(=O)CCC1CCCC1)[C@@H]1C=C(C(=O)NCCO)[C@@H]2c3cc(C=O)cc(OC)c3O[C@@H]2[C@H]1O. The van der Waals surface area contributed by atoms with Crippen LogP contribution in [0.3, 0.4) is 0 Å². The van der Waals surface area contributed by atoms with Gasteiger partial charge in [0.15, 0.2) is 11.5 Å². The van der Waals surface area contributed by atoms with Crippen molar-refractivity contribution in [2.75, 3.05) is 26.8 Å². The van der Waals surface area contributed by atoms with Crippen LogP contribution in [0.2, 0.25) is 0 Å². The zero-order valence-electron chi connectivity index (χ0n) is 23.8. The largest absolute Gasteiger partial charge is 0.493 e. The lowest BCUT2D eigenvalue weighted by Gasteiger charge is -2.41. The van der Waals surface area contributed by atoms with E-state index in [0.29, 0.717) is 53.4 Å². The number of nitrogens with one attached hydrogen (secondary N) is 1. The molecule has 1 aromatic rings. The number of nitrogens with zero attached hydrogens (tertiary/aromatic N) is 1. The molecule has 9 heteroatoms. The Bertz CT molecular complexity index is 1080. The lowest BCUT2D eigenvalue weighted by atomic mass is 9.77. The molecule has 2 amide bonds. The maximum absolute atomic E-state index is 13.7. The van der Waals surface area contributed by atoms with Crippen molar-refractivity contribution >= 4 is 18.1 Å². The van der Waals surface area contributed by atoms with E-state index in [1.165, 1.54) is 20.0 Å². The smallest absolute Gasteiger partial charge is 0.247 e. The van der Waals surface area contributed by atoms with Crippen LogP contribution in [0.15, 0.2) is 23.8 Å². The van der Waals surface area contributed by atoms with E-state index in [2.05, 4.69) is 12.2 Å². The first-order chi connectivity index (χ1) is 19.4. The molecule has 220 valence electrons. The van der Waals surface area contributed by atoms with Gasteiger partial charge in [0, 0.05) is 36.2 Å². The number of aliphatic hydroxyl groups excluding tert-OH is 2. The molecule has 3 N–H and O–H groups in total. The van der Waals surface area contributed by atoms with Crippen LogP contribution in [0.1, 0.15) is 93.0 Å². The number of carbonyl (C=O) groups excluding carboxylic acids is 3. The second-order valence-corrected chi connectivity index (χ2v) is 11.2. The Balaban J connectivity index is 1.69. The van der Waals surface area contributed by atoms with Gasteiger partial charge in [-0.25, -0.2) is 0 Å². The summed E-state index contributed by atoms with van der Waals surface area (Å²) in [6.45, 7) is 2.46. The van der Waals surface area contributed by atoms with E-state index in [1.54, 1.807) is 23.1 Å². The van der Waals surface area contributed by atoms with E-state index in [9.17, 15) is 24.6 Å². The summed E-state index contributed by atoms with van der Waals surface area (Å²) in [6.07, 6.45) is 10.3. The highest BCUT2D eigenvalue weighted by Gasteiger charge is 2.51. The van der Waals surface area contributed by atoms with Gasteiger partial charge >= 0.3 is 0 Å². The molecule has 1 saturated carbocycles. The predicted molar refractivity (Wildman–Crippen MR) is 151 cm³/mol. The Hall–Kier alpha value is -2.91. The van der Waals surface area contributed by atoms with Gasteiger partial charge in [-0.05, 0) is 37.0 Å². The van der Waals surface area contributed by atoms with E-state index in [1.807, 2.05) is 0 Å². The number of methoxy groups -OCH3 is 1. The average molecular weight is 557 g/mol. The molecule has 4 atom stereocenters. The van der Waals surface area contributed by atoms with Gasteiger partial charge in [0.2, 0.25) is 11.8 Å². The predicted octanol–water partition coefficient (Wildman–Crippen LogP) is 3.51. The van der Waals surface area contributed by atoms with Crippen molar-refractivity contribution < 1.29 is 34.1 Å². The fourth-order valence-electron chi connectivity index (χ4n) is 6.48. The lowest BCUT2D eigenvalue weighted by molar-refractivity contribution is -0.137. The van der Waals surface area contributed by atoms with Crippen molar-refractivity contribution in [1.29, 1.82) is 0 Å². The molecule has 1 fully saturated rings. The van der Waals surface area contributed by atoms with E-state index in [4.69, 9.17) is 9.47 Å². The number of hydrogen-bond acceptors (Lipinski definition) is 7. The number of unbranched alkanes of at least 4 members (excludes halogenated alkanes) is 3. The number of amides is 2. The van der Waals surface area contributed by atoms with Gasteiger partial charge in [0.1, 0.15) is 18.5 Å². The van der Waals surface area contributed by atoms with E-state index in [-0.39, 0.29) is 19.1 Å². The van der Waals surface area contributed by atoms with Gasteiger partial charge in [0.05, 0.1) is 25.7 Å². The van der Waals surface area contributed by atoms with Crippen LogP contribution >= 0.6 is 0 Å². The first kappa shape index (κ1) is 30.1.